The number of fused-ring (bicyclic) bond motifs is 1. The summed E-state index contributed by atoms with van der Waals surface area (Å²) in [5.74, 6) is 0.699. The Hall–Kier alpha value is -2.07. The summed E-state index contributed by atoms with van der Waals surface area (Å²) in [6.45, 7) is 4.25. The number of allylic oxidation sites excluding steroid dienone is 2. The highest BCUT2D eigenvalue weighted by Gasteiger charge is 2.07. The van der Waals surface area contributed by atoms with Crippen molar-refractivity contribution in [1.82, 2.24) is 0 Å². The van der Waals surface area contributed by atoms with Gasteiger partial charge in [-0.05, 0) is 38.5 Å². The van der Waals surface area contributed by atoms with Crippen LogP contribution in [0, 0.1) is 0 Å². The number of methoxy groups -OCH3 is 1. The Bertz CT molecular complexity index is 678. The van der Waals surface area contributed by atoms with Crippen LogP contribution < -0.4 is 10.4 Å². The maximum absolute atomic E-state index is 11.4. The lowest BCUT2D eigenvalue weighted by molar-refractivity contribution is 0.0512. The van der Waals surface area contributed by atoms with E-state index in [1.165, 1.54) is 11.6 Å². The molecule has 0 unspecified atom stereocenters. The summed E-state index contributed by atoms with van der Waals surface area (Å²) in [6.07, 6.45) is 2.78. The van der Waals surface area contributed by atoms with Crippen LogP contribution in [0.15, 0.2) is 45.1 Å². The molecule has 0 spiro atoms. The summed E-state index contributed by atoms with van der Waals surface area (Å²) >= 11 is 0. The Morgan fingerprint density at radius 2 is 2.10 bits per heavy atom. The first-order valence-electron chi connectivity index (χ1n) is 6.42. The second kappa shape index (κ2) is 6.39. The third-order valence-corrected chi connectivity index (χ3v) is 2.84. The average molecular weight is 274 g/mol. The van der Waals surface area contributed by atoms with E-state index < -0.39 is 0 Å². The molecule has 2 aromatic rings. The number of benzene rings is 1. The van der Waals surface area contributed by atoms with Gasteiger partial charge in [-0.15, -0.1) is 0 Å². The van der Waals surface area contributed by atoms with Crippen LogP contribution in [0.2, 0.25) is 0 Å². The zero-order chi connectivity index (χ0) is 14.5. The molecule has 0 saturated heterocycles. The normalized spacial score (nSPS) is 10.6. The molecule has 1 aromatic carbocycles. The molecule has 0 aliphatic heterocycles. The van der Waals surface area contributed by atoms with Crippen molar-refractivity contribution in [3.8, 4) is 5.75 Å². The minimum Gasteiger partial charge on any atom is -0.468 e. The first kappa shape index (κ1) is 14.3. The fourth-order valence-electron chi connectivity index (χ4n) is 1.90. The minimum atomic E-state index is -0.346. The first-order chi connectivity index (χ1) is 9.60. The van der Waals surface area contributed by atoms with E-state index in [4.69, 9.17) is 13.9 Å². The van der Waals surface area contributed by atoms with Crippen molar-refractivity contribution in [2.75, 3.05) is 13.9 Å². The molecule has 0 N–H and O–H groups in total. The zero-order valence-corrected chi connectivity index (χ0v) is 11.9. The van der Waals surface area contributed by atoms with Crippen LogP contribution in [0.5, 0.6) is 5.75 Å². The molecule has 0 amide bonds. The van der Waals surface area contributed by atoms with Crippen molar-refractivity contribution >= 4 is 11.0 Å². The molecule has 106 valence electrons. The molecule has 0 radical (unpaired) electrons. The molecule has 1 aromatic heterocycles. The van der Waals surface area contributed by atoms with Crippen molar-refractivity contribution < 1.29 is 13.9 Å². The highest BCUT2D eigenvalue weighted by Crippen LogP contribution is 2.25. The molecule has 0 aliphatic rings. The van der Waals surface area contributed by atoms with Crippen molar-refractivity contribution in [3.05, 3.63) is 51.9 Å². The summed E-state index contributed by atoms with van der Waals surface area (Å²) in [6, 6.07) is 6.87. The topological polar surface area (TPSA) is 48.7 Å². The maximum Gasteiger partial charge on any atom is 0.336 e. The lowest BCUT2D eigenvalue weighted by Gasteiger charge is -2.09. The van der Waals surface area contributed by atoms with Gasteiger partial charge in [-0.3, -0.25) is 0 Å². The van der Waals surface area contributed by atoms with Crippen LogP contribution >= 0.6 is 0 Å². The highest BCUT2D eigenvalue weighted by molar-refractivity contribution is 5.81. The van der Waals surface area contributed by atoms with Gasteiger partial charge in [0.15, 0.2) is 6.79 Å². The molecule has 0 saturated carbocycles. The average Bonchev–Trinajstić information content (AvgIpc) is 2.42. The van der Waals surface area contributed by atoms with Gasteiger partial charge in [0.2, 0.25) is 0 Å². The molecule has 20 heavy (non-hydrogen) atoms. The van der Waals surface area contributed by atoms with Gasteiger partial charge in [0.05, 0.1) is 0 Å². The van der Waals surface area contributed by atoms with Crippen LogP contribution in [0.4, 0.5) is 0 Å². The number of ether oxygens (including phenoxy) is 2. The van der Waals surface area contributed by atoms with Crippen molar-refractivity contribution in [3.63, 3.8) is 0 Å². The van der Waals surface area contributed by atoms with E-state index >= 15 is 0 Å². The number of rotatable bonds is 5. The summed E-state index contributed by atoms with van der Waals surface area (Å²) in [5.41, 5.74) is 2.40. The van der Waals surface area contributed by atoms with Gasteiger partial charge in [-0.25, -0.2) is 4.79 Å². The third kappa shape index (κ3) is 3.48. The summed E-state index contributed by atoms with van der Waals surface area (Å²) < 4.78 is 15.7. The highest BCUT2D eigenvalue weighted by atomic mass is 16.7. The standard InChI is InChI=1S/C16H18O4/c1-11(2)4-5-12-8-14(19-10-18-3)9-13-6-7-15(17)20-16(12)13/h4,6-9H,5,10H2,1-3H3. The van der Waals surface area contributed by atoms with Crippen LogP contribution in [0.3, 0.4) is 0 Å². The fourth-order valence-corrected chi connectivity index (χ4v) is 1.90. The summed E-state index contributed by atoms with van der Waals surface area (Å²) in [4.78, 5) is 11.4. The smallest absolute Gasteiger partial charge is 0.336 e. The quantitative estimate of drug-likeness (QED) is 0.477. The van der Waals surface area contributed by atoms with E-state index in [-0.39, 0.29) is 12.4 Å². The molecule has 4 heteroatoms. The lowest BCUT2D eigenvalue weighted by atomic mass is 10.1. The summed E-state index contributed by atoms with van der Waals surface area (Å²) in [5, 5.41) is 0.843. The predicted molar refractivity (Wildman–Crippen MR) is 78.1 cm³/mol. The predicted octanol–water partition coefficient (Wildman–Crippen LogP) is 3.28. The second-order valence-electron chi connectivity index (χ2n) is 4.79. The van der Waals surface area contributed by atoms with Gasteiger partial charge in [0.25, 0.3) is 0 Å². The van der Waals surface area contributed by atoms with E-state index in [1.807, 2.05) is 26.0 Å². The van der Waals surface area contributed by atoms with Gasteiger partial charge in [0, 0.05) is 24.1 Å². The van der Waals surface area contributed by atoms with Crippen molar-refractivity contribution in [1.29, 1.82) is 0 Å². The van der Waals surface area contributed by atoms with Gasteiger partial charge in [-0.2, -0.15) is 0 Å². The van der Waals surface area contributed by atoms with Crippen molar-refractivity contribution in [2.45, 2.75) is 20.3 Å². The third-order valence-electron chi connectivity index (χ3n) is 2.84. The minimum absolute atomic E-state index is 0.185. The number of hydrogen-bond acceptors (Lipinski definition) is 4. The molecule has 0 bridgehead atoms. The van der Waals surface area contributed by atoms with E-state index in [0.717, 1.165) is 10.9 Å². The first-order valence-corrected chi connectivity index (χ1v) is 6.42. The molecule has 0 fully saturated rings. The largest absolute Gasteiger partial charge is 0.468 e. The molecule has 0 aliphatic carbocycles. The van der Waals surface area contributed by atoms with Crippen LogP contribution in [-0.2, 0) is 11.2 Å². The Labute approximate surface area is 117 Å². The molecule has 0 atom stereocenters. The Morgan fingerprint density at radius 1 is 1.30 bits per heavy atom. The molecular weight excluding hydrogens is 256 g/mol. The maximum atomic E-state index is 11.4. The van der Waals surface area contributed by atoms with E-state index in [0.29, 0.717) is 17.8 Å². The lowest BCUT2D eigenvalue weighted by Crippen LogP contribution is -2.01. The molecule has 1 heterocycles. The number of hydrogen-bond donors (Lipinski definition) is 0. The SMILES string of the molecule is COCOc1cc(CC=C(C)C)c2oc(=O)ccc2c1. The van der Waals surface area contributed by atoms with E-state index in [2.05, 4.69) is 6.08 Å². The molecular formula is C16H18O4. The Balaban J connectivity index is 2.51. The fraction of sp³-hybridized carbons (Fsp3) is 0.312. The Morgan fingerprint density at radius 3 is 2.80 bits per heavy atom. The van der Waals surface area contributed by atoms with Crippen LogP contribution in [0.25, 0.3) is 11.0 Å². The van der Waals surface area contributed by atoms with Crippen LogP contribution in [0.1, 0.15) is 19.4 Å². The van der Waals surface area contributed by atoms with Gasteiger partial charge in [-0.1, -0.05) is 11.6 Å². The van der Waals surface area contributed by atoms with Gasteiger partial charge < -0.3 is 13.9 Å². The van der Waals surface area contributed by atoms with Gasteiger partial charge >= 0.3 is 5.63 Å². The zero-order valence-electron chi connectivity index (χ0n) is 11.9. The van der Waals surface area contributed by atoms with Crippen molar-refractivity contribution in [2.24, 2.45) is 0 Å². The molecule has 4 nitrogen and oxygen atoms in total. The van der Waals surface area contributed by atoms with E-state index in [1.54, 1.807) is 13.2 Å². The molecule has 2 rings (SSSR count). The van der Waals surface area contributed by atoms with Gasteiger partial charge in [0.1, 0.15) is 11.3 Å². The van der Waals surface area contributed by atoms with E-state index in [9.17, 15) is 4.79 Å². The summed E-state index contributed by atoms with van der Waals surface area (Å²) in [7, 11) is 1.57. The second-order valence-corrected chi connectivity index (χ2v) is 4.79. The monoisotopic (exact) mass is 274 g/mol. The Kier molecular flexibility index (Phi) is 4.58. The van der Waals surface area contributed by atoms with Crippen LogP contribution in [-0.4, -0.2) is 13.9 Å².